The molecule has 0 bridgehead atoms. The summed E-state index contributed by atoms with van der Waals surface area (Å²) >= 11 is 0. The van der Waals surface area contributed by atoms with Gasteiger partial charge in [0.25, 0.3) is 0 Å². The Labute approximate surface area is 393 Å². The Morgan fingerprint density at radius 2 is 0.969 bits per heavy atom. The van der Waals surface area contributed by atoms with E-state index in [1.807, 2.05) is 12.2 Å². The normalized spacial score (nSPS) is 19.4. The second kappa shape index (κ2) is 42.1. The molecule has 0 saturated carbocycles. The molecule has 65 heavy (non-hydrogen) atoms. The van der Waals surface area contributed by atoms with Crippen molar-refractivity contribution in [1.82, 2.24) is 0 Å². The van der Waals surface area contributed by atoms with E-state index in [9.17, 15) is 34.5 Å². The van der Waals surface area contributed by atoms with Crippen molar-refractivity contribution in [3.63, 3.8) is 0 Å². The zero-order valence-corrected chi connectivity index (χ0v) is 40.7. The molecule has 0 aliphatic carbocycles. The smallest absolute Gasteiger partial charge is 0.335 e. The third kappa shape index (κ3) is 32.9. The summed E-state index contributed by atoms with van der Waals surface area (Å²) in [6.07, 6.45) is 35.6. The molecule has 12 heteroatoms. The first-order chi connectivity index (χ1) is 31.6. The van der Waals surface area contributed by atoms with Gasteiger partial charge in [-0.15, -0.1) is 0 Å². The van der Waals surface area contributed by atoms with Crippen LogP contribution in [-0.2, 0) is 42.9 Å². The van der Waals surface area contributed by atoms with Gasteiger partial charge in [-0.05, 0) is 44.9 Å². The van der Waals surface area contributed by atoms with Crippen LogP contribution in [0.2, 0.25) is 0 Å². The topological polar surface area (TPSA) is 175 Å². The van der Waals surface area contributed by atoms with Crippen molar-refractivity contribution < 1.29 is 58.2 Å². The molecule has 0 amide bonds. The number of rotatable bonds is 42. The molecule has 0 aromatic heterocycles. The van der Waals surface area contributed by atoms with Gasteiger partial charge in [0.2, 0.25) is 0 Å². The zero-order valence-electron chi connectivity index (χ0n) is 40.7. The fraction of sp³-hybridized carbons (Fsp3) is 0.774. The average molecular weight is 919 g/mol. The van der Waals surface area contributed by atoms with Crippen LogP contribution in [0.25, 0.3) is 0 Å². The molecule has 6 unspecified atom stereocenters. The van der Waals surface area contributed by atoms with Crippen LogP contribution in [0.4, 0.5) is 0 Å². The summed E-state index contributed by atoms with van der Waals surface area (Å²) in [6, 6.07) is 0. The Morgan fingerprint density at radius 1 is 0.523 bits per heavy atom. The Bertz CT molecular complexity index is 1330. The molecular weight excluding hydrogens is 829 g/mol. The number of hydrogen-bond donors (Lipinski definition) is 3. The number of aliphatic hydroxyl groups excluding tert-OH is 2. The second-order valence-corrected chi connectivity index (χ2v) is 17.4. The number of ether oxygens (including phenoxy) is 5. The van der Waals surface area contributed by atoms with Gasteiger partial charge in [0.1, 0.15) is 18.8 Å². The summed E-state index contributed by atoms with van der Waals surface area (Å²) in [6.45, 7) is 5.75. The summed E-state index contributed by atoms with van der Waals surface area (Å²) in [7, 11) is 0. The second-order valence-electron chi connectivity index (χ2n) is 17.4. The van der Waals surface area contributed by atoms with Gasteiger partial charge in [0.05, 0.1) is 6.61 Å². The minimum absolute atomic E-state index is 0.0577. The van der Waals surface area contributed by atoms with Gasteiger partial charge in [0, 0.05) is 19.3 Å². The van der Waals surface area contributed by atoms with E-state index in [1.165, 1.54) is 83.5 Å². The molecule has 0 aromatic carbocycles. The Hall–Kier alpha value is -3.32. The lowest BCUT2D eigenvalue weighted by molar-refractivity contribution is -0.301. The molecule has 1 aliphatic rings. The summed E-state index contributed by atoms with van der Waals surface area (Å²) in [5.41, 5.74) is 0. The highest BCUT2D eigenvalue weighted by Crippen LogP contribution is 2.26. The minimum Gasteiger partial charge on any atom is -0.479 e. The molecule has 6 atom stereocenters. The number of hydrogen-bond acceptors (Lipinski definition) is 11. The van der Waals surface area contributed by atoms with Crippen LogP contribution < -0.4 is 0 Å². The molecule has 1 fully saturated rings. The van der Waals surface area contributed by atoms with Crippen LogP contribution >= 0.6 is 0 Å². The van der Waals surface area contributed by atoms with E-state index >= 15 is 0 Å². The van der Waals surface area contributed by atoms with E-state index in [-0.39, 0.29) is 25.9 Å². The van der Waals surface area contributed by atoms with Crippen molar-refractivity contribution in [3.05, 3.63) is 48.6 Å². The van der Waals surface area contributed by atoms with Gasteiger partial charge >= 0.3 is 23.9 Å². The first-order valence-corrected chi connectivity index (χ1v) is 25.6. The molecule has 1 aliphatic heterocycles. The lowest BCUT2D eigenvalue weighted by Gasteiger charge is -2.40. The number of unbranched alkanes of at least 4 members (excludes halogenated alkanes) is 20. The average Bonchev–Trinajstić information content (AvgIpc) is 3.29. The van der Waals surface area contributed by atoms with Crippen LogP contribution in [0.5, 0.6) is 0 Å². The quantitative estimate of drug-likeness (QED) is 0.0229. The Morgan fingerprint density at radius 3 is 1.45 bits per heavy atom. The maximum atomic E-state index is 13.0. The maximum Gasteiger partial charge on any atom is 0.335 e. The number of aliphatic carboxylic acids is 1. The van der Waals surface area contributed by atoms with Gasteiger partial charge in [-0.25, -0.2) is 4.79 Å². The van der Waals surface area contributed by atoms with E-state index in [0.717, 1.165) is 70.6 Å². The van der Waals surface area contributed by atoms with Crippen molar-refractivity contribution in [2.75, 3.05) is 13.2 Å². The van der Waals surface area contributed by atoms with E-state index < -0.39 is 67.3 Å². The van der Waals surface area contributed by atoms with Gasteiger partial charge < -0.3 is 39.0 Å². The summed E-state index contributed by atoms with van der Waals surface area (Å²) in [4.78, 5) is 50.6. The predicted octanol–water partition coefficient (Wildman–Crippen LogP) is 11.9. The molecule has 0 aromatic rings. The van der Waals surface area contributed by atoms with Crippen molar-refractivity contribution in [2.45, 2.75) is 250 Å². The number of aliphatic hydroxyl groups is 2. The van der Waals surface area contributed by atoms with E-state index in [4.69, 9.17) is 23.7 Å². The molecule has 0 spiro atoms. The highest BCUT2D eigenvalue weighted by molar-refractivity contribution is 5.74. The standard InChI is InChI=1S/C53H90O12/c1-4-7-10-13-16-19-21-23-25-28-30-33-36-39-45(54)61-42-44(63-46(55)40-37-34-31-27-18-15-12-9-6-3)43-62-53-51(49(58)48(57)50(65-53)52(59)60)64-47(56)41-38-35-32-29-26-24-22-20-17-14-11-8-5-2/h7,10,16,19,23,25,30,33,44,48-51,53,57-58H,4-6,8-9,11-15,17-18,20-22,24,26-29,31-32,34-43H2,1-3H3,(H,59,60)/b10-7-,19-16-,25-23-,33-30-. The lowest BCUT2D eigenvalue weighted by atomic mass is 9.98. The van der Waals surface area contributed by atoms with E-state index in [2.05, 4.69) is 57.2 Å². The summed E-state index contributed by atoms with van der Waals surface area (Å²) in [5, 5.41) is 31.3. The SMILES string of the molecule is CC/C=C\C/C=C\C/C=C\C/C=C\CCC(=O)OCC(COC1OC(C(=O)O)C(O)C(O)C1OC(=O)CCCCCCCCCCCCCCC)OC(=O)CCCCCCCCCCC. The molecule has 12 nitrogen and oxygen atoms in total. The van der Waals surface area contributed by atoms with Crippen molar-refractivity contribution >= 4 is 23.9 Å². The van der Waals surface area contributed by atoms with Crippen LogP contribution in [0.3, 0.4) is 0 Å². The molecule has 374 valence electrons. The first kappa shape index (κ1) is 59.7. The zero-order chi connectivity index (χ0) is 47.6. The van der Waals surface area contributed by atoms with Gasteiger partial charge in [-0.1, -0.05) is 198 Å². The molecule has 0 radical (unpaired) electrons. The van der Waals surface area contributed by atoms with Crippen LogP contribution in [0.15, 0.2) is 48.6 Å². The molecular formula is C53H90O12. The van der Waals surface area contributed by atoms with E-state index in [1.54, 1.807) is 0 Å². The van der Waals surface area contributed by atoms with E-state index in [0.29, 0.717) is 19.3 Å². The van der Waals surface area contributed by atoms with Crippen molar-refractivity contribution in [1.29, 1.82) is 0 Å². The number of carbonyl (C=O) groups is 4. The van der Waals surface area contributed by atoms with Crippen molar-refractivity contribution in [3.8, 4) is 0 Å². The number of esters is 3. The fourth-order valence-electron chi connectivity index (χ4n) is 7.50. The van der Waals surface area contributed by atoms with Gasteiger partial charge in [0.15, 0.2) is 24.6 Å². The van der Waals surface area contributed by atoms with Gasteiger partial charge in [-0.2, -0.15) is 0 Å². The monoisotopic (exact) mass is 919 g/mol. The maximum absolute atomic E-state index is 13.0. The molecule has 1 saturated heterocycles. The molecule has 1 heterocycles. The molecule has 1 rings (SSSR count). The predicted molar refractivity (Wildman–Crippen MR) is 257 cm³/mol. The van der Waals surface area contributed by atoms with Crippen molar-refractivity contribution in [2.24, 2.45) is 0 Å². The molecule has 3 N–H and O–H groups in total. The summed E-state index contributed by atoms with van der Waals surface area (Å²) < 4.78 is 28.1. The van der Waals surface area contributed by atoms with Crippen LogP contribution in [-0.4, -0.2) is 89.2 Å². The third-order valence-electron chi connectivity index (χ3n) is 11.4. The first-order valence-electron chi connectivity index (χ1n) is 25.6. The number of carbonyl (C=O) groups excluding carboxylic acids is 3. The Balaban J connectivity index is 2.76. The number of allylic oxidation sites excluding steroid dienone is 8. The van der Waals surface area contributed by atoms with Crippen LogP contribution in [0.1, 0.15) is 213 Å². The highest BCUT2D eigenvalue weighted by Gasteiger charge is 2.50. The minimum atomic E-state index is -1.90. The number of carboxylic acid groups (broad SMARTS) is 1. The highest BCUT2D eigenvalue weighted by atomic mass is 16.7. The lowest BCUT2D eigenvalue weighted by Crippen LogP contribution is -2.61. The fourth-order valence-corrected chi connectivity index (χ4v) is 7.50. The largest absolute Gasteiger partial charge is 0.479 e. The van der Waals surface area contributed by atoms with Gasteiger partial charge in [-0.3, -0.25) is 14.4 Å². The summed E-state index contributed by atoms with van der Waals surface area (Å²) in [5.74, 6) is -3.22. The number of carboxylic acids is 1. The van der Waals surface area contributed by atoms with Crippen LogP contribution in [0, 0.1) is 0 Å². The Kier molecular flexibility index (Phi) is 38.6. The third-order valence-corrected chi connectivity index (χ3v) is 11.4.